The van der Waals surface area contributed by atoms with Gasteiger partial charge in [-0.3, -0.25) is 9.69 Å². The van der Waals surface area contributed by atoms with Gasteiger partial charge in [0.15, 0.2) is 0 Å². The number of hydrogen-bond donors (Lipinski definition) is 0. The first-order valence-corrected chi connectivity index (χ1v) is 5.69. The first-order valence-electron chi connectivity index (χ1n) is 5.69. The van der Waals surface area contributed by atoms with Crippen LogP contribution in [-0.2, 0) is 4.79 Å². The summed E-state index contributed by atoms with van der Waals surface area (Å²) in [5.74, 6) is 0.707. The van der Waals surface area contributed by atoms with Gasteiger partial charge in [-0.15, -0.1) is 0 Å². The number of rotatable bonds is 0. The van der Waals surface area contributed by atoms with Gasteiger partial charge in [-0.2, -0.15) is 0 Å². The third-order valence-electron chi connectivity index (χ3n) is 2.90. The van der Waals surface area contributed by atoms with Crippen molar-refractivity contribution in [2.75, 3.05) is 13.1 Å². The summed E-state index contributed by atoms with van der Waals surface area (Å²) in [4.78, 5) is 19.7. The normalized spacial score (nSPS) is 21.1. The van der Waals surface area contributed by atoms with E-state index in [2.05, 4.69) is 16.5 Å². The molecule has 0 unspecified atom stereocenters. The van der Waals surface area contributed by atoms with Gasteiger partial charge in [0.25, 0.3) is 0 Å². The molecule has 0 radical (unpaired) electrons. The summed E-state index contributed by atoms with van der Waals surface area (Å²) in [6.07, 6.45) is 7.07. The molecule has 2 aliphatic rings. The number of carbonyl (C=O) groups excluding carboxylic acids is 1. The summed E-state index contributed by atoms with van der Waals surface area (Å²) < 4.78 is 0. The molecule has 0 aromatic carbocycles. The van der Waals surface area contributed by atoms with E-state index >= 15 is 0 Å². The van der Waals surface area contributed by atoms with Gasteiger partial charge in [-0.25, -0.2) is 4.99 Å². The number of likely N-dealkylation sites (tertiary alicyclic amines) is 1. The highest BCUT2D eigenvalue weighted by Gasteiger charge is 2.26. The third-order valence-corrected chi connectivity index (χ3v) is 2.90. The fourth-order valence-corrected chi connectivity index (χ4v) is 2.11. The maximum absolute atomic E-state index is 11.6. The van der Waals surface area contributed by atoms with Crippen molar-refractivity contribution >= 4 is 11.9 Å². The van der Waals surface area contributed by atoms with Gasteiger partial charge in [0, 0.05) is 31.9 Å². The van der Waals surface area contributed by atoms with Crippen molar-refractivity contribution in [1.82, 2.24) is 9.80 Å². The zero-order chi connectivity index (χ0) is 11.5. The Labute approximate surface area is 95.9 Å². The molecule has 0 N–H and O–H groups in total. The smallest absolute Gasteiger partial charge is 0.230 e. The standard InChI is InChI=1S/C12H17N3O/c1-10-6-7-13-12(15(10)11(2)16)14-8-4-3-5-9-14/h6-7H,1,3-5,8-9H2,2H3. The van der Waals surface area contributed by atoms with Gasteiger partial charge in [-0.1, -0.05) is 6.58 Å². The van der Waals surface area contributed by atoms with Crippen molar-refractivity contribution in [3.63, 3.8) is 0 Å². The van der Waals surface area contributed by atoms with E-state index in [0.29, 0.717) is 5.70 Å². The number of carbonyl (C=O) groups is 1. The molecule has 0 spiro atoms. The van der Waals surface area contributed by atoms with Gasteiger partial charge in [-0.05, 0) is 25.3 Å². The molecule has 1 saturated heterocycles. The molecular weight excluding hydrogens is 202 g/mol. The molecule has 0 atom stereocenters. The second kappa shape index (κ2) is 4.51. The van der Waals surface area contributed by atoms with E-state index in [4.69, 9.17) is 0 Å². The van der Waals surface area contributed by atoms with E-state index in [1.165, 1.54) is 19.3 Å². The Morgan fingerprint density at radius 3 is 2.69 bits per heavy atom. The molecule has 4 heteroatoms. The van der Waals surface area contributed by atoms with Crippen LogP contribution in [-0.4, -0.2) is 34.8 Å². The second-order valence-corrected chi connectivity index (χ2v) is 4.14. The second-order valence-electron chi connectivity index (χ2n) is 4.14. The first kappa shape index (κ1) is 10.9. The molecule has 2 heterocycles. The van der Waals surface area contributed by atoms with Crippen molar-refractivity contribution < 1.29 is 4.79 Å². The average molecular weight is 219 g/mol. The lowest BCUT2D eigenvalue weighted by Gasteiger charge is -2.36. The van der Waals surface area contributed by atoms with Crippen LogP contribution in [0.5, 0.6) is 0 Å². The van der Waals surface area contributed by atoms with E-state index in [-0.39, 0.29) is 5.91 Å². The van der Waals surface area contributed by atoms with Gasteiger partial charge >= 0.3 is 0 Å². The Bertz CT molecular complexity index is 364. The molecule has 0 aromatic rings. The molecule has 0 aliphatic carbocycles. The summed E-state index contributed by atoms with van der Waals surface area (Å²) in [5.41, 5.74) is 0.697. The Balaban J connectivity index is 2.22. The molecular formula is C12H17N3O. The van der Waals surface area contributed by atoms with Gasteiger partial charge in [0.1, 0.15) is 0 Å². The zero-order valence-electron chi connectivity index (χ0n) is 9.65. The number of piperidine rings is 1. The number of amides is 1. The Hall–Kier alpha value is -1.58. The van der Waals surface area contributed by atoms with Crippen molar-refractivity contribution in [1.29, 1.82) is 0 Å². The van der Waals surface area contributed by atoms with Crippen LogP contribution < -0.4 is 0 Å². The van der Waals surface area contributed by atoms with Crippen molar-refractivity contribution in [3.8, 4) is 0 Å². The molecule has 1 fully saturated rings. The Morgan fingerprint density at radius 2 is 2.06 bits per heavy atom. The molecule has 4 nitrogen and oxygen atoms in total. The van der Waals surface area contributed by atoms with Gasteiger partial charge < -0.3 is 4.90 Å². The molecule has 2 rings (SSSR count). The number of allylic oxidation sites excluding steroid dienone is 1. The maximum atomic E-state index is 11.6. The molecule has 0 saturated carbocycles. The topological polar surface area (TPSA) is 35.9 Å². The number of nitrogens with zero attached hydrogens (tertiary/aromatic N) is 3. The summed E-state index contributed by atoms with van der Waals surface area (Å²) in [6, 6.07) is 0. The third kappa shape index (κ3) is 2.01. The lowest BCUT2D eigenvalue weighted by Crippen LogP contribution is -2.48. The largest absolute Gasteiger partial charge is 0.342 e. The SMILES string of the molecule is C=C1C=CN=C(N2CCCCC2)N1C(C)=O. The monoisotopic (exact) mass is 219 g/mol. The number of hydrogen-bond acceptors (Lipinski definition) is 3. The molecule has 2 aliphatic heterocycles. The minimum atomic E-state index is -0.0290. The zero-order valence-corrected chi connectivity index (χ0v) is 9.65. The van der Waals surface area contributed by atoms with Crippen molar-refractivity contribution in [3.05, 3.63) is 24.6 Å². The van der Waals surface area contributed by atoms with Crippen LogP contribution in [0.2, 0.25) is 0 Å². The molecule has 0 aromatic heterocycles. The minimum Gasteiger partial charge on any atom is -0.342 e. The van der Waals surface area contributed by atoms with E-state index in [0.717, 1.165) is 19.0 Å². The lowest BCUT2D eigenvalue weighted by molar-refractivity contribution is -0.124. The average Bonchev–Trinajstić information content (AvgIpc) is 2.29. The van der Waals surface area contributed by atoms with E-state index in [1.54, 1.807) is 24.1 Å². The highest BCUT2D eigenvalue weighted by Crippen LogP contribution is 2.17. The fourth-order valence-electron chi connectivity index (χ4n) is 2.11. The predicted octanol–water partition coefficient (Wildman–Crippen LogP) is 1.72. The van der Waals surface area contributed by atoms with Gasteiger partial charge in [0.05, 0.1) is 0 Å². The summed E-state index contributed by atoms with van der Waals surface area (Å²) in [7, 11) is 0. The van der Waals surface area contributed by atoms with Gasteiger partial charge in [0.2, 0.25) is 11.9 Å². The van der Waals surface area contributed by atoms with Crippen LogP contribution in [0, 0.1) is 0 Å². The fraction of sp³-hybridized carbons (Fsp3) is 0.500. The van der Waals surface area contributed by atoms with E-state index in [1.807, 2.05) is 0 Å². The Kier molecular flexibility index (Phi) is 3.08. The first-order chi connectivity index (χ1) is 7.70. The number of aliphatic imine (C=N–C) groups is 1. The Morgan fingerprint density at radius 1 is 1.38 bits per heavy atom. The lowest BCUT2D eigenvalue weighted by atomic mass is 10.1. The van der Waals surface area contributed by atoms with Crippen LogP contribution in [0.3, 0.4) is 0 Å². The van der Waals surface area contributed by atoms with Crippen LogP contribution >= 0.6 is 0 Å². The highest BCUT2D eigenvalue weighted by atomic mass is 16.2. The molecule has 0 bridgehead atoms. The van der Waals surface area contributed by atoms with Crippen LogP contribution in [0.25, 0.3) is 0 Å². The van der Waals surface area contributed by atoms with Crippen molar-refractivity contribution in [2.24, 2.45) is 4.99 Å². The molecule has 86 valence electrons. The summed E-state index contributed by atoms with van der Waals surface area (Å²) in [6.45, 7) is 7.37. The van der Waals surface area contributed by atoms with E-state index < -0.39 is 0 Å². The van der Waals surface area contributed by atoms with Crippen LogP contribution in [0.4, 0.5) is 0 Å². The molecule has 16 heavy (non-hydrogen) atoms. The summed E-state index contributed by atoms with van der Waals surface area (Å²) >= 11 is 0. The molecule has 1 amide bonds. The highest BCUT2D eigenvalue weighted by molar-refractivity contribution is 5.99. The number of guanidine groups is 1. The van der Waals surface area contributed by atoms with Crippen LogP contribution in [0.1, 0.15) is 26.2 Å². The minimum absolute atomic E-state index is 0.0290. The summed E-state index contributed by atoms with van der Waals surface area (Å²) in [5, 5.41) is 0. The predicted molar refractivity (Wildman–Crippen MR) is 63.7 cm³/mol. The van der Waals surface area contributed by atoms with Crippen LogP contribution in [0.15, 0.2) is 29.5 Å². The quantitative estimate of drug-likeness (QED) is 0.622. The van der Waals surface area contributed by atoms with E-state index in [9.17, 15) is 4.79 Å². The van der Waals surface area contributed by atoms with Crippen molar-refractivity contribution in [2.45, 2.75) is 26.2 Å². The maximum Gasteiger partial charge on any atom is 0.230 e.